The van der Waals surface area contributed by atoms with Crippen molar-refractivity contribution in [3.8, 4) is 0 Å². The van der Waals surface area contributed by atoms with Crippen LogP contribution in [0.25, 0.3) is 0 Å². The van der Waals surface area contributed by atoms with Crippen LogP contribution in [0.3, 0.4) is 0 Å². The van der Waals surface area contributed by atoms with Crippen molar-refractivity contribution in [1.29, 1.82) is 0 Å². The van der Waals surface area contributed by atoms with Crippen LogP contribution in [-0.4, -0.2) is 22.4 Å². The normalized spacial score (nSPS) is 12.6. The highest BCUT2D eigenvalue weighted by atomic mass is 15.3. The Morgan fingerprint density at radius 3 is 2.50 bits per heavy atom. The molecular formula is C15H27N3. The molecule has 102 valence electrons. The summed E-state index contributed by atoms with van der Waals surface area (Å²) in [5.74, 6) is 0. The number of nitrogens with one attached hydrogen (secondary N) is 1. The van der Waals surface area contributed by atoms with Gasteiger partial charge in [0.15, 0.2) is 0 Å². The first kappa shape index (κ1) is 15.0. The fourth-order valence-electron chi connectivity index (χ4n) is 2.39. The van der Waals surface area contributed by atoms with Gasteiger partial charge in [-0.25, -0.2) is 0 Å². The average Bonchev–Trinajstić information content (AvgIpc) is 2.50. The fourth-order valence-corrected chi connectivity index (χ4v) is 2.39. The third-order valence-electron chi connectivity index (χ3n) is 3.37. The summed E-state index contributed by atoms with van der Waals surface area (Å²) >= 11 is 0. The molecule has 3 nitrogen and oxygen atoms in total. The predicted octanol–water partition coefficient (Wildman–Crippen LogP) is 2.91. The molecule has 0 radical (unpaired) electrons. The minimum absolute atomic E-state index is 0.471. The highest BCUT2D eigenvalue weighted by Crippen LogP contribution is 2.15. The lowest BCUT2D eigenvalue weighted by Gasteiger charge is -2.14. The molecule has 1 N–H and O–H groups in total. The van der Waals surface area contributed by atoms with Crippen molar-refractivity contribution in [3.63, 3.8) is 0 Å². The second-order valence-corrected chi connectivity index (χ2v) is 5.22. The van der Waals surface area contributed by atoms with Gasteiger partial charge in [-0.15, -0.1) is 0 Å². The summed E-state index contributed by atoms with van der Waals surface area (Å²) in [6.45, 7) is 11.7. The Morgan fingerprint density at radius 1 is 1.39 bits per heavy atom. The number of aryl methyl sites for hydroxylation is 2. The molecule has 0 amide bonds. The maximum atomic E-state index is 4.48. The summed E-state index contributed by atoms with van der Waals surface area (Å²) in [6.07, 6.45) is 4.55. The van der Waals surface area contributed by atoms with Crippen LogP contribution in [0.2, 0.25) is 0 Å². The van der Waals surface area contributed by atoms with E-state index in [1.807, 2.05) is 11.7 Å². The SMILES string of the molecule is CCNC(C=C(C)C)CCc1c(C)nn(C)c1C. The maximum absolute atomic E-state index is 4.48. The zero-order valence-electron chi connectivity index (χ0n) is 12.7. The van der Waals surface area contributed by atoms with Gasteiger partial charge in [-0.2, -0.15) is 5.10 Å². The van der Waals surface area contributed by atoms with Gasteiger partial charge < -0.3 is 5.32 Å². The van der Waals surface area contributed by atoms with E-state index in [-0.39, 0.29) is 0 Å². The molecule has 0 saturated carbocycles. The summed E-state index contributed by atoms with van der Waals surface area (Å²) in [4.78, 5) is 0. The maximum Gasteiger partial charge on any atom is 0.0628 e. The van der Waals surface area contributed by atoms with Crippen LogP contribution >= 0.6 is 0 Å². The van der Waals surface area contributed by atoms with Gasteiger partial charge in [0.1, 0.15) is 0 Å². The monoisotopic (exact) mass is 249 g/mol. The Labute approximate surface area is 111 Å². The van der Waals surface area contributed by atoms with Crippen LogP contribution in [0.1, 0.15) is 44.1 Å². The van der Waals surface area contributed by atoms with Gasteiger partial charge in [0.05, 0.1) is 5.69 Å². The van der Waals surface area contributed by atoms with Gasteiger partial charge in [0.2, 0.25) is 0 Å². The molecule has 1 unspecified atom stereocenters. The largest absolute Gasteiger partial charge is 0.311 e. The zero-order valence-corrected chi connectivity index (χ0v) is 12.7. The molecule has 0 aromatic carbocycles. The summed E-state index contributed by atoms with van der Waals surface area (Å²) in [7, 11) is 2.02. The van der Waals surface area contributed by atoms with Crippen molar-refractivity contribution in [3.05, 3.63) is 28.6 Å². The van der Waals surface area contributed by atoms with Crippen molar-refractivity contribution in [1.82, 2.24) is 15.1 Å². The van der Waals surface area contributed by atoms with Gasteiger partial charge >= 0.3 is 0 Å². The number of likely N-dealkylation sites (N-methyl/N-ethyl adjacent to an activating group) is 1. The highest BCUT2D eigenvalue weighted by Gasteiger charge is 2.11. The summed E-state index contributed by atoms with van der Waals surface area (Å²) in [5, 5.41) is 8.00. The molecule has 0 aliphatic rings. The minimum Gasteiger partial charge on any atom is -0.311 e. The second kappa shape index (κ2) is 6.74. The van der Waals surface area contributed by atoms with Gasteiger partial charge in [0.25, 0.3) is 0 Å². The van der Waals surface area contributed by atoms with Crippen molar-refractivity contribution in [2.75, 3.05) is 6.54 Å². The molecule has 1 heterocycles. The molecule has 18 heavy (non-hydrogen) atoms. The molecule has 1 rings (SSSR count). The van der Waals surface area contributed by atoms with Crippen LogP contribution in [0.15, 0.2) is 11.6 Å². The Kier molecular flexibility index (Phi) is 5.60. The molecular weight excluding hydrogens is 222 g/mol. The molecule has 0 saturated heterocycles. The number of hydrogen-bond acceptors (Lipinski definition) is 2. The molecule has 3 heteroatoms. The molecule has 1 atom stereocenters. The lowest BCUT2D eigenvalue weighted by Crippen LogP contribution is -2.27. The van der Waals surface area contributed by atoms with E-state index in [0.29, 0.717) is 6.04 Å². The predicted molar refractivity (Wildman–Crippen MR) is 77.9 cm³/mol. The van der Waals surface area contributed by atoms with Crippen molar-refractivity contribution in [2.45, 2.75) is 53.5 Å². The van der Waals surface area contributed by atoms with E-state index < -0.39 is 0 Å². The Morgan fingerprint density at radius 2 is 2.06 bits per heavy atom. The molecule has 0 spiro atoms. The first-order valence-corrected chi connectivity index (χ1v) is 6.83. The Balaban J connectivity index is 2.69. The third kappa shape index (κ3) is 3.98. The van der Waals surface area contributed by atoms with Crippen LogP contribution < -0.4 is 5.32 Å². The standard InChI is InChI=1S/C15H27N3/c1-7-16-14(10-11(2)3)8-9-15-12(4)17-18(6)13(15)5/h10,14,16H,7-9H2,1-6H3. The summed E-state index contributed by atoms with van der Waals surface area (Å²) in [6, 6.07) is 0.471. The van der Waals surface area contributed by atoms with Crippen molar-refractivity contribution < 1.29 is 0 Å². The van der Waals surface area contributed by atoms with E-state index in [1.165, 1.54) is 22.5 Å². The molecule has 0 fully saturated rings. The first-order chi connectivity index (χ1) is 8.45. The van der Waals surface area contributed by atoms with Crippen LogP contribution in [-0.2, 0) is 13.5 Å². The summed E-state index contributed by atoms with van der Waals surface area (Å²) in [5.41, 5.74) is 5.24. The molecule has 1 aromatic heterocycles. The first-order valence-electron chi connectivity index (χ1n) is 6.83. The number of hydrogen-bond donors (Lipinski definition) is 1. The van der Waals surface area contributed by atoms with Gasteiger partial charge in [0, 0.05) is 18.8 Å². The summed E-state index contributed by atoms with van der Waals surface area (Å²) < 4.78 is 1.98. The van der Waals surface area contributed by atoms with Gasteiger partial charge in [-0.1, -0.05) is 18.6 Å². The second-order valence-electron chi connectivity index (χ2n) is 5.22. The van der Waals surface area contributed by atoms with E-state index in [0.717, 1.165) is 19.4 Å². The molecule has 0 aliphatic heterocycles. The Bertz CT molecular complexity index is 412. The quantitative estimate of drug-likeness (QED) is 0.786. The van der Waals surface area contributed by atoms with E-state index in [1.54, 1.807) is 0 Å². The molecule has 1 aromatic rings. The number of rotatable bonds is 6. The van der Waals surface area contributed by atoms with E-state index in [2.05, 4.69) is 51.1 Å². The number of aromatic nitrogens is 2. The van der Waals surface area contributed by atoms with E-state index in [9.17, 15) is 0 Å². The van der Waals surface area contributed by atoms with Crippen LogP contribution in [0, 0.1) is 13.8 Å². The Hall–Kier alpha value is -1.09. The van der Waals surface area contributed by atoms with Gasteiger partial charge in [-0.3, -0.25) is 4.68 Å². The third-order valence-corrected chi connectivity index (χ3v) is 3.37. The van der Waals surface area contributed by atoms with Crippen molar-refractivity contribution >= 4 is 0 Å². The minimum atomic E-state index is 0.471. The van der Waals surface area contributed by atoms with E-state index in [4.69, 9.17) is 0 Å². The molecule has 0 aliphatic carbocycles. The molecule has 0 bridgehead atoms. The smallest absolute Gasteiger partial charge is 0.0628 e. The highest BCUT2D eigenvalue weighted by molar-refractivity contribution is 5.24. The lowest BCUT2D eigenvalue weighted by molar-refractivity contribution is 0.570. The topological polar surface area (TPSA) is 29.9 Å². The van der Waals surface area contributed by atoms with Crippen LogP contribution in [0.5, 0.6) is 0 Å². The van der Waals surface area contributed by atoms with Gasteiger partial charge in [-0.05, 0) is 52.6 Å². The van der Waals surface area contributed by atoms with Crippen molar-refractivity contribution in [2.24, 2.45) is 7.05 Å². The zero-order chi connectivity index (χ0) is 13.7. The number of nitrogens with zero attached hydrogens (tertiary/aromatic N) is 2. The van der Waals surface area contributed by atoms with E-state index >= 15 is 0 Å². The number of allylic oxidation sites excluding steroid dienone is 1. The average molecular weight is 249 g/mol. The lowest BCUT2D eigenvalue weighted by atomic mass is 10.0. The fraction of sp³-hybridized carbons (Fsp3) is 0.667. The van der Waals surface area contributed by atoms with Crippen LogP contribution in [0.4, 0.5) is 0 Å².